The molecule has 0 aromatic heterocycles. The minimum absolute atomic E-state index is 0.0993. The largest absolute Gasteiger partial charge is 0.305 e. The Balaban J connectivity index is 2.15. The molecule has 2 rings (SSSR count). The van der Waals surface area contributed by atoms with Gasteiger partial charge in [0.15, 0.2) is 0 Å². The van der Waals surface area contributed by atoms with Crippen LogP contribution >= 0.6 is 0 Å². The molecule has 0 saturated carbocycles. The number of nitrogens with zero attached hydrogens (tertiary/aromatic N) is 1. The van der Waals surface area contributed by atoms with Gasteiger partial charge in [0.2, 0.25) is 0 Å². The van der Waals surface area contributed by atoms with Gasteiger partial charge < -0.3 is 5.32 Å². The van der Waals surface area contributed by atoms with Gasteiger partial charge in [0, 0.05) is 25.7 Å². The first kappa shape index (κ1) is 13.6. The number of piperazine rings is 1. The Morgan fingerprint density at radius 1 is 1.22 bits per heavy atom. The SMILES string of the molecule is CCC(CC)N1CCNC(C)(c2ccccc2)C1. The van der Waals surface area contributed by atoms with E-state index in [1.165, 1.54) is 24.9 Å². The first-order valence-electron chi connectivity index (χ1n) is 7.24. The predicted octanol–water partition coefficient (Wildman–Crippen LogP) is 3.00. The Labute approximate surface area is 111 Å². The molecule has 1 aliphatic heterocycles. The van der Waals surface area contributed by atoms with Crippen molar-refractivity contribution in [3.63, 3.8) is 0 Å². The quantitative estimate of drug-likeness (QED) is 0.878. The molecule has 2 nitrogen and oxygen atoms in total. The summed E-state index contributed by atoms with van der Waals surface area (Å²) in [6.07, 6.45) is 2.50. The van der Waals surface area contributed by atoms with E-state index in [0.29, 0.717) is 0 Å². The number of hydrogen-bond donors (Lipinski definition) is 1. The summed E-state index contributed by atoms with van der Waals surface area (Å²) in [6, 6.07) is 11.6. The van der Waals surface area contributed by atoms with Crippen LogP contribution in [0.1, 0.15) is 39.2 Å². The third kappa shape index (κ3) is 2.76. The lowest BCUT2D eigenvalue weighted by atomic mass is 9.88. The third-order valence-corrected chi connectivity index (χ3v) is 4.30. The fourth-order valence-corrected chi connectivity index (χ4v) is 3.13. The maximum Gasteiger partial charge on any atom is 0.0535 e. The molecule has 1 saturated heterocycles. The standard InChI is InChI=1S/C16H26N2/c1-4-15(5-2)18-12-11-17-16(3,13-18)14-9-7-6-8-10-14/h6-10,15,17H,4-5,11-13H2,1-3H3. The molecule has 1 aliphatic rings. The van der Waals surface area contributed by atoms with Crippen LogP contribution in [-0.2, 0) is 5.54 Å². The number of nitrogens with one attached hydrogen (secondary N) is 1. The summed E-state index contributed by atoms with van der Waals surface area (Å²) in [6.45, 7) is 10.3. The van der Waals surface area contributed by atoms with Crippen molar-refractivity contribution in [3.05, 3.63) is 35.9 Å². The summed E-state index contributed by atoms with van der Waals surface area (Å²) in [4.78, 5) is 2.66. The Hall–Kier alpha value is -0.860. The van der Waals surface area contributed by atoms with Crippen LogP contribution in [-0.4, -0.2) is 30.6 Å². The molecule has 0 aliphatic carbocycles. The van der Waals surface area contributed by atoms with Crippen molar-refractivity contribution in [2.45, 2.75) is 45.2 Å². The zero-order valence-corrected chi connectivity index (χ0v) is 11.9. The van der Waals surface area contributed by atoms with Gasteiger partial charge in [0.25, 0.3) is 0 Å². The van der Waals surface area contributed by atoms with Gasteiger partial charge in [-0.2, -0.15) is 0 Å². The Morgan fingerprint density at radius 3 is 2.50 bits per heavy atom. The van der Waals surface area contributed by atoms with E-state index in [1.54, 1.807) is 0 Å². The molecule has 1 unspecified atom stereocenters. The van der Waals surface area contributed by atoms with Crippen LogP contribution in [0.4, 0.5) is 0 Å². The molecule has 100 valence electrons. The zero-order valence-electron chi connectivity index (χ0n) is 11.9. The lowest BCUT2D eigenvalue weighted by Gasteiger charge is -2.45. The minimum Gasteiger partial charge on any atom is -0.305 e. The first-order chi connectivity index (χ1) is 8.69. The van der Waals surface area contributed by atoms with Crippen molar-refractivity contribution in [1.29, 1.82) is 0 Å². The minimum atomic E-state index is 0.0993. The van der Waals surface area contributed by atoms with Crippen molar-refractivity contribution in [3.8, 4) is 0 Å². The van der Waals surface area contributed by atoms with E-state index in [0.717, 1.165) is 19.1 Å². The predicted molar refractivity (Wildman–Crippen MR) is 77.7 cm³/mol. The number of rotatable bonds is 4. The topological polar surface area (TPSA) is 15.3 Å². The van der Waals surface area contributed by atoms with Gasteiger partial charge in [0.05, 0.1) is 5.54 Å². The van der Waals surface area contributed by atoms with E-state index in [1.807, 2.05) is 0 Å². The van der Waals surface area contributed by atoms with Crippen LogP contribution in [0, 0.1) is 0 Å². The average molecular weight is 246 g/mol. The van der Waals surface area contributed by atoms with Gasteiger partial charge in [-0.1, -0.05) is 44.2 Å². The molecule has 18 heavy (non-hydrogen) atoms. The summed E-state index contributed by atoms with van der Waals surface area (Å²) < 4.78 is 0. The molecule has 2 heteroatoms. The summed E-state index contributed by atoms with van der Waals surface area (Å²) in [5, 5.41) is 3.70. The fourth-order valence-electron chi connectivity index (χ4n) is 3.13. The molecular formula is C16H26N2. The Kier molecular flexibility index (Phi) is 4.41. The van der Waals surface area contributed by atoms with Crippen LogP contribution in [0.15, 0.2) is 30.3 Å². The van der Waals surface area contributed by atoms with E-state index in [-0.39, 0.29) is 5.54 Å². The molecule has 0 amide bonds. The molecule has 1 aromatic carbocycles. The first-order valence-corrected chi connectivity index (χ1v) is 7.24. The van der Waals surface area contributed by atoms with Crippen LogP contribution < -0.4 is 5.32 Å². The van der Waals surface area contributed by atoms with Crippen LogP contribution in [0.25, 0.3) is 0 Å². The molecule has 1 atom stereocenters. The Morgan fingerprint density at radius 2 is 1.89 bits per heavy atom. The maximum atomic E-state index is 3.70. The maximum absolute atomic E-state index is 3.70. The van der Waals surface area contributed by atoms with Crippen LogP contribution in [0.5, 0.6) is 0 Å². The Bertz CT molecular complexity index is 359. The van der Waals surface area contributed by atoms with Crippen molar-refractivity contribution in [2.75, 3.05) is 19.6 Å². The molecule has 0 radical (unpaired) electrons. The van der Waals surface area contributed by atoms with Crippen LogP contribution in [0.3, 0.4) is 0 Å². The van der Waals surface area contributed by atoms with Crippen molar-refractivity contribution < 1.29 is 0 Å². The fraction of sp³-hybridized carbons (Fsp3) is 0.625. The highest BCUT2D eigenvalue weighted by molar-refractivity contribution is 5.25. The van der Waals surface area contributed by atoms with Crippen molar-refractivity contribution >= 4 is 0 Å². The second kappa shape index (κ2) is 5.85. The summed E-state index contributed by atoms with van der Waals surface area (Å²) in [5.74, 6) is 0. The van der Waals surface area contributed by atoms with E-state index in [4.69, 9.17) is 0 Å². The van der Waals surface area contributed by atoms with Crippen molar-refractivity contribution in [2.24, 2.45) is 0 Å². The highest BCUT2D eigenvalue weighted by Crippen LogP contribution is 2.26. The molecule has 1 N–H and O–H groups in total. The van der Waals surface area contributed by atoms with E-state index >= 15 is 0 Å². The second-order valence-electron chi connectivity index (χ2n) is 5.57. The van der Waals surface area contributed by atoms with Gasteiger partial charge >= 0.3 is 0 Å². The monoisotopic (exact) mass is 246 g/mol. The van der Waals surface area contributed by atoms with Gasteiger partial charge in [-0.05, 0) is 25.3 Å². The smallest absolute Gasteiger partial charge is 0.0535 e. The number of hydrogen-bond acceptors (Lipinski definition) is 2. The van der Waals surface area contributed by atoms with E-state index in [2.05, 4.69) is 61.3 Å². The molecule has 0 bridgehead atoms. The van der Waals surface area contributed by atoms with Gasteiger partial charge in [-0.3, -0.25) is 4.90 Å². The lowest BCUT2D eigenvalue weighted by Crippen LogP contribution is -2.58. The molecular weight excluding hydrogens is 220 g/mol. The summed E-state index contributed by atoms with van der Waals surface area (Å²) in [7, 11) is 0. The van der Waals surface area contributed by atoms with Gasteiger partial charge in [-0.15, -0.1) is 0 Å². The highest BCUT2D eigenvalue weighted by Gasteiger charge is 2.33. The van der Waals surface area contributed by atoms with Crippen molar-refractivity contribution in [1.82, 2.24) is 10.2 Å². The van der Waals surface area contributed by atoms with Gasteiger partial charge in [-0.25, -0.2) is 0 Å². The average Bonchev–Trinajstić information content (AvgIpc) is 2.41. The normalized spacial score (nSPS) is 25.6. The van der Waals surface area contributed by atoms with E-state index < -0.39 is 0 Å². The molecule has 1 heterocycles. The molecule has 0 spiro atoms. The third-order valence-electron chi connectivity index (χ3n) is 4.30. The van der Waals surface area contributed by atoms with Gasteiger partial charge in [0.1, 0.15) is 0 Å². The molecule has 1 aromatic rings. The summed E-state index contributed by atoms with van der Waals surface area (Å²) >= 11 is 0. The number of benzene rings is 1. The zero-order chi connectivity index (χ0) is 13.0. The summed E-state index contributed by atoms with van der Waals surface area (Å²) in [5.41, 5.74) is 1.50. The molecule has 1 fully saturated rings. The lowest BCUT2D eigenvalue weighted by molar-refractivity contribution is 0.0946. The van der Waals surface area contributed by atoms with E-state index in [9.17, 15) is 0 Å². The van der Waals surface area contributed by atoms with Crippen LogP contribution in [0.2, 0.25) is 0 Å². The highest BCUT2D eigenvalue weighted by atomic mass is 15.2. The second-order valence-corrected chi connectivity index (χ2v) is 5.57.